The second-order valence-corrected chi connectivity index (χ2v) is 11.4. The Balaban J connectivity index is 1.47. The lowest BCUT2D eigenvalue weighted by atomic mass is 9.85. The van der Waals surface area contributed by atoms with Crippen molar-refractivity contribution < 1.29 is 0 Å². The van der Waals surface area contributed by atoms with Gasteiger partial charge in [0.1, 0.15) is 0 Å². The highest BCUT2D eigenvalue weighted by Gasteiger charge is 2.23. The van der Waals surface area contributed by atoms with E-state index in [0.717, 1.165) is 85.2 Å². The van der Waals surface area contributed by atoms with Gasteiger partial charge < -0.3 is 5.32 Å². The molecule has 0 fully saturated rings. The first-order chi connectivity index (χ1) is 23.8. The molecule has 0 amide bonds. The molecule has 8 rings (SSSR count). The smallest absolute Gasteiger partial charge is 0.0715 e. The molecule has 1 aliphatic rings. The lowest BCUT2D eigenvalue weighted by Gasteiger charge is -2.22. The zero-order valence-electron chi connectivity index (χ0n) is 26.0. The van der Waals surface area contributed by atoms with Crippen molar-refractivity contribution in [2.24, 2.45) is 0 Å². The van der Waals surface area contributed by atoms with Crippen LogP contribution in [0.1, 0.15) is 5.56 Å². The SMILES string of the molecule is C1=CCNC(c2cc(-c3cc(-c4ccccn4)c(-c4ccccn4)c(-c4ccccn4)c3)cc(-c3ccccn3)c2-c2ccccn2)=C1. The Kier molecular flexibility index (Phi) is 7.87. The summed E-state index contributed by atoms with van der Waals surface area (Å²) in [6.45, 7) is 0.739. The average molecular weight is 619 g/mol. The Morgan fingerprint density at radius 2 is 0.792 bits per heavy atom. The maximum Gasteiger partial charge on any atom is 0.0715 e. The largest absolute Gasteiger partial charge is 0.381 e. The van der Waals surface area contributed by atoms with Gasteiger partial charge in [-0.25, -0.2) is 0 Å². The van der Waals surface area contributed by atoms with Crippen molar-refractivity contribution in [3.8, 4) is 67.4 Å². The molecule has 0 spiro atoms. The summed E-state index contributed by atoms with van der Waals surface area (Å²) in [6, 6.07) is 39.0. The summed E-state index contributed by atoms with van der Waals surface area (Å²) in [5.41, 5.74) is 13.4. The van der Waals surface area contributed by atoms with Gasteiger partial charge in [0.2, 0.25) is 0 Å². The Bertz CT molecular complexity index is 2190. The molecule has 0 atom stereocenters. The van der Waals surface area contributed by atoms with Crippen molar-refractivity contribution in [3.63, 3.8) is 0 Å². The Morgan fingerprint density at radius 3 is 1.15 bits per heavy atom. The maximum atomic E-state index is 4.83. The number of nitrogens with zero attached hydrogens (tertiary/aromatic N) is 5. The highest BCUT2D eigenvalue weighted by Crippen LogP contribution is 2.44. The fourth-order valence-corrected chi connectivity index (χ4v) is 6.22. The highest BCUT2D eigenvalue weighted by atomic mass is 14.9. The molecule has 0 aliphatic carbocycles. The summed E-state index contributed by atoms with van der Waals surface area (Å²) < 4.78 is 0. The molecule has 2 aromatic carbocycles. The van der Waals surface area contributed by atoms with Crippen LogP contribution >= 0.6 is 0 Å². The minimum absolute atomic E-state index is 0.739. The van der Waals surface area contributed by atoms with Crippen molar-refractivity contribution in [3.05, 3.63) is 170 Å². The van der Waals surface area contributed by atoms with Crippen molar-refractivity contribution >= 4 is 5.70 Å². The van der Waals surface area contributed by atoms with Gasteiger partial charge in [0, 0.05) is 76.6 Å². The normalized spacial score (nSPS) is 12.3. The minimum atomic E-state index is 0.739. The van der Waals surface area contributed by atoms with Gasteiger partial charge in [0.25, 0.3) is 0 Å². The fraction of sp³-hybridized carbons (Fsp3) is 0.0238. The Hall–Kier alpha value is -6.53. The summed E-state index contributed by atoms with van der Waals surface area (Å²) in [5.74, 6) is 0. The van der Waals surface area contributed by atoms with Gasteiger partial charge in [-0.1, -0.05) is 42.5 Å². The van der Waals surface area contributed by atoms with E-state index in [1.807, 2.05) is 110 Å². The molecule has 0 saturated heterocycles. The van der Waals surface area contributed by atoms with Crippen molar-refractivity contribution in [2.75, 3.05) is 6.54 Å². The van der Waals surface area contributed by atoms with E-state index in [2.05, 4.69) is 59.9 Å². The average Bonchev–Trinajstić information content (AvgIpc) is 3.19. The van der Waals surface area contributed by atoms with Crippen LogP contribution in [-0.2, 0) is 0 Å². The molecule has 0 saturated carbocycles. The summed E-state index contributed by atoms with van der Waals surface area (Å²) in [5, 5.41) is 3.61. The van der Waals surface area contributed by atoms with E-state index < -0.39 is 0 Å². The molecule has 6 heteroatoms. The zero-order chi connectivity index (χ0) is 32.1. The Morgan fingerprint density at radius 1 is 0.417 bits per heavy atom. The number of dihydropyridines is 1. The number of hydrogen-bond acceptors (Lipinski definition) is 6. The third kappa shape index (κ3) is 5.67. The van der Waals surface area contributed by atoms with Gasteiger partial charge in [0.15, 0.2) is 0 Å². The molecule has 228 valence electrons. The minimum Gasteiger partial charge on any atom is -0.381 e. The van der Waals surface area contributed by atoms with Crippen LogP contribution in [-0.4, -0.2) is 31.5 Å². The fourth-order valence-electron chi connectivity index (χ4n) is 6.22. The first-order valence-electron chi connectivity index (χ1n) is 15.9. The lowest BCUT2D eigenvalue weighted by Crippen LogP contribution is -2.15. The number of rotatable bonds is 7. The summed E-state index contributed by atoms with van der Waals surface area (Å²) in [7, 11) is 0. The molecule has 1 N–H and O–H groups in total. The van der Waals surface area contributed by atoms with Gasteiger partial charge >= 0.3 is 0 Å². The van der Waals surface area contributed by atoms with E-state index in [1.165, 1.54) is 0 Å². The van der Waals surface area contributed by atoms with Crippen LogP contribution in [0.4, 0.5) is 0 Å². The van der Waals surface area contributed by atoms with E-state index in [1.54, 1.807) is 0 Å². The lowest BCUT2D eigenvalue weighted by molar-refractivity contribution is 0.996. The first kappa shape index (κ1) is 28.9. The predicted octanol–water partition coefficient (Wildman–Crippen LogP) is 9.16. The van der Waals surface area contributed by atoms with Crippen LogP contribution in [0.2, 0.25) is 0 Å². The van der Waals surface area contributed by atoms with E-state index >= 15 is 0 Å². The monoisotopic (exact) mass is 618 g/mol. The number of aromatic nitrogens is 5. The van der Waals surface area contributed by atoms with Crippen LogP contribution in [0, 0.1) is 0 Å². The van der Waals surface area contributed by atoms with Gasteiger partial charge in [-0.2, -0.15) is 0 Å². The third-order valence-electron chi connectivity index (χ3n) is 8.37. The second kappa shape index (κ2) is 13.1. The molecule has 0 bridgehead atoms. The van der Waals surface area contributed by atoms with Gasteiger partial charge in [-0.15, -0.1) is 0 Å². The van der Waals surface area contributed by atoms with E-state index in [0.29, 0.717) is 0 Å². The molecule has 6 heterocycles. The highest BCUT2D eigenvalue weighted by molar-refractivity contribution is 5.98. The van der Waals surface area contributed by atoms with Crippen LogP contribution in [0.15, 0.2) is 164 Å². The van der Waals surface area contributed by atoms with Crippen molar-refractivity contribution in [1.82, 2.24) is 30.2 Å². The molecular weight excluding hydrogens is 589 g/mol. The maximum absolute atomic E-state index is 4.83. The van der Waals surface area contributed by atoms with Crippen molar-refractivity contribution in [1.29, 1.82) is 0 Å². The number of nitrogens with one attached hydrogen (secondary N) is 1. The quantitative estimate of drug-likeness (QED) is 0.192. The molecule has 6 nitrogen and oxygen atoms in total. The van der Waals surface area contributed by atoms with Crippen LogP contribution < -0.4 is 5.32 Å². The van der Waals surface area contributed by atoms with Crippen LogP contribution in [0.3, 0.4) is 0 Å². The third-order valence-corrected chi connectivity index (χ3v) is 8.37. The van der Waals surface area contributed by atoms with Crippen LogP contribution in [0.25, 0.3) is 73.1 Å². The first-order valence-corrected chi connectivity index (χ1v) is 15.9. The van der Waals surface area contributed by atoms with E-state index in [4.69, 9.17) is 24.9 Å². The number of allylic oxidation sites excluding steroid dienone is 2. The summed E-state index contributed by atoms with van der Waals surface area (Å²) in [6.07, 6.45) is 15.5. The number of hydrogen-bond donors (Lipinski definition) is 1. The van der Waals surface area contributed by atoms with E-state index in [9.17, 15) is 0 Å². The summed E-state index contributed by atoms with van der Waals surface area (Å²) >= 11 is 0. The molecule has 0 unspecified atom stereocenters. The summed E-state index contributed by atoms with van der Waals surface area (Å²) in [4.78, 5) is 24.1. The topological polar surface area (TPSA) is 76.5 Å². The molecule has 5 aromatic heterocycles. The van der Waals surface area contributed by atoms with Crippen LogP contribution in [0.5, 0.6) is 0 Å². The number of pyridine rings is 5. The number of benzene rings is 2. The Labute approximate surface area is 279 Å². The second-order valence-electron chi connectivity index (χ2n) is 11.4. The molecule has 48 heavy (non-hydrogen) atoms. The van der Waals surface area contributed by atoms with Crippen molar-refractivity contribution in [2.45, 2.75) is 0 Å². The molecular formula is C42H30N6. The standard InChI is InChI=1S/C42H30N6/c1-7-19-43-35(13-1)31-25-29(26-32(36-14-2-8-20-44-36)41(31)39-17-5-11-23-47-39)30-27-33(37-15-3-9-21-45-37)42(40-18-6-12-24-48-40)34(28-30)38-16-4-10-22-46-38/h1-21,23-28,46H,22H2. The molecule has 0 radical (unpaired) electrons. The van der Waals surface area contributed by atoms with Gasteiger partial charge in [-0.05, 0) is 102 Å². The zero-order valence-corrected chi connectivity index (χ0v) is 26.0. The predicted molar refractivity (Wildman–Crippen MR) is 193 cm³/mol. The van der Waals surface area contributed by atoms with E-state index in [-0.39, 0.29) is 0 Å². The molecule has 7 aromatic rings. The van der Waals surface area contributed by atoms with Gasteiger partial charge in [-0.3, -0.25) is 24.9 Å². The van der Waals surface area contributed by atoms with Gasteiger partial charge in [0.05, 0.1) is 28.5 Å². The molecule has 1 aliphatic heterocycles.